The average Bonchev–Trinajstić information content (AvgIpc) is 0.755. The van der Waals surface area contributed by atoms with E-state index in [0.29, 0.717) is 0 Å². The second kappa shape index (κ2) is 38.9. The van der Waals surface area contributed by atoms with Crippen LogP contribution in [0, 0.1) is 111 Å². The molecule has 148 heavy (non-hydrogen) atoms. The lowest BCUT2D eigenvalue weighted by Gasteiger charge is -2.32. The normalized spacial score (nSPS) is 11.5. The van der Waals surface area contributed by atoms with Gasteiger partial charge in [-0.3, -0.25) is 0 Å². The molecule has 4 heteroatoms. The number of aryl methyl sites for hydroxylation is 16. The van der Waals surface area contributed by atoms with Crippen molar-refractivity contribution >= 4 is 133 Å². The van der Waals surface area contributed by atoms with Crippen LogP contribution in [-0.2, 0) is 0 Å². The Balaban J connectivity index is 0.000000163. The van der Waals surface area contributed by atoms with Crippen LogP contribution in [0.3, 0.4) is 0 Å². The number of benzene rings is 24. The van der Waals surface area contributed by atoms with E-state index in [1.54, 1.807) is 0 Å². The summed E-state index contributed by atoms with van der Waals surface area (Å²) in [5.41, 5.74) is 52.5. The Kier molecular flexibility index (Phi) is 24.8. The van der Waals surface area contributed by atoms with Crippen LogP contribution in [0.5, 0.6) is 0 Å². The van der Waals surface area contributed by atoms with E-state index in [1.165, 1.54) is 254 Å². The zero-order valence-corrected chi connectivity index (χ0v) is 87.4. The van der Waals surface area contributed by atoms with Crippen LogP contribution in [0.25, 0.3) is 154 Å². The molecule has 0 saturated carbocycles. The smallest absolute Gasteiger partial charge is 0.0540 e. The molecule has 0 aliphatic carbocycles. The minimum atomic E-state index is 1.11. The Bertz CT molecular complexity index is 8380. The zero-order valence-electron chi connectivity index (χ0n) is 87.4. The fraction of sp³-hybridized carbons (Fsp3) is 0.111. The van der Waals surface area contributed by atoms with Gasteiger partial charge in [-0.05, 0) is 385 Å². The fourth-order valence-electron chi connectivity index (χ4n) is 22.6. The van der Waals surface area contributed by atoms with E-state index in [0.717, 1.165) is 56.9 Å². The van der Waals surface area contributed by atoms with E-state index < -0.39 is 0 Å². The molecular formula is C144H120N4. The van der Waals surface area contributed by atoms with Crippen molar-refractivity contribution in [1.82, 2.24) is 0 Å². The van der Waals surface area contributed by atoms with Gasteiger partial charge in [0.15, 0.2) is 0 Å². The summed E-state index contributed by atoms with van der Waals surface area (Å²) in [4.78, 5) is 10.1. The molecule has 0 atom stereocenters. The first-order valence-corrected chi connectivity index (χ1v) is 51.9. The molecule has 0 bridgehead atoms. The lowest BCUT2D eigenvalue weighted by Crippen LogP contribution is -2.14. The molecule has 0 aliphatic heterocycles. The molecule has 0 aromatic heterocycles. The van der Waals surface area contributed by atoms with Crippen LogP contribution >= 0.6 is 0 Å². The quantitative estimate of drug-likeness (QED) is 0.0705. The molecule has 24 rings (SSSR count). The van der Waals surface area contributed by atoms with Crippen molar-refractivity contribution < 1.29 is 0 Å². The maximum Gasteiger partial charge on any atom is 0.0540 e. The van der Waals surface area contributed by atoms with Crippen molar-refractivity contribution in [2.75, 3.05) is 19.6 Å². The SMILES string of the molecule is Cc1ccc(-c2cc(-c3ccc(C)cc3)cc(N(c3c(C)cccc3C)c3ccc4ccc5c(N(c6cc(-c7ccc(C)cc7)cc(-c7ccc(C)cc7)c6)c6c(C)cccc6C)ccc6ccc3c4c65)c2)cc1.Cc1ccc(-c2cc(-c3ccc(C)cc3)cc(N(c3ccc(C)cc3C)c3ccc4ccc5c(N(c6cc(-c7ccc(C)cc7)cc(-c7ccc(C)cc7)c6)c6ccc(C)cc6C)ccc6ccc3c4c65)c2)cc1. The summed E-state index contributed by atoms with van der Waals surface area (Å²) in [5.74, 6) is 0. The van der Waals surface area contributed by atoms with E-state index in [9.17, 15) is 0 Å². The molecule has 0 aliphatic rings. The van der Waals surface area contributed by atoms with Gasteiger partial charge < -0.3 is 19.6 Å². The van der Waals surface area contributed by atoms with E-state index in [1.807, 2.05) is 0 Å². The summed E-state index contributed by atoms with van der Waals surface area (Å²) in [7, 11) is 0. The van der Waals surface area contributed by atoms with Crippen LogP contribution in [-0.4, -0.2) is 0 Å². The Labute approximate surface area is 871 Å². The van der Waals surface area contributed by atoms with E-state index in [4.69, 9.17) is 0 Å². The highest BCUT2D eigenvalue weighted by Gasteiger charge is 2.30. The molecule has 24 aromatic rings. The first-order valence-electron chi connectivity index (χ1n) is 51.9. The largest absolute Gasteiger partial charge is 0.310 e. The standard InChI is InChI=1S/2C72H60N2/c1-45-9-19-53(20-10-45)59-39-60(54-21-11-46(2)12-22-54)42-63(41-59)73(67-33-17-49(5)37-51(67)7)69-35-29-57-28-32-66-70(36-30-58-27-31-65(69)71(57)72(58)66)74(68-34-18-50(6)38-52(68)8)64-43-61(55-23-13-47(3)14-24-55)40-62(44-64)56-25-15-48(4)16-26-56;1-45-15-23-53(24-16-45)59-39-60(54-25-17-46(2)18-26-54)42-63(41-59)73(71-49(5)11-9-12-50(71)6)67-37-33-57-32-36-66-68(38-34-58-31-35-65(67)69(57)70(58)66)74(72-51(7)13-10-14-52(72)8)64-43-61(55-27-19-47(3)20-28-55)40-62(44-64)56-29-21-48(4)22-30-56/h2*9-44H,1-8H3. The maximum atomic E-state index is 2.54. The van der Waals surface area contributed by atoms with E-state index in [2.05, 4.69) is 567 Å². The van der Waals surface area contributed by atoms with Gasteiger partial charge in [-0.2, -0.15) is 0 Å². The van der Waals surface area contributed by atoms with Gasteiger partial charge >= 0.3 is 0 Å². The number of nitrogens with zero attached hydrogens (tertiary/aromatic N) is 4. The van der Waals surface area contributed by atoms with Crippen LogP contribution in [0.15, 0.2) is 437 Å². The van der Waals surface area contributed by atoms with Gasteiger partial charge in [0.25, 0.3) is 0 Å². The molecular weight excluding hydrogens is 1790 g/mol. The molecule has 4 nitrogen and oxygen atoms in total. The number of anilines is 12. The summed E-state index contributed by atoms with van der Waals surface area (Å²) in [6.07, 6.45) is 0. The van der Waals surface area contributed by atoms with Gasteiger partial charge in [-0.15, -0.1) is 0 Å². The molecule has 0 amide bonds. The van der Waals surface area contributed by atoms with Crippen molar-refractivity contribution in [3.05, 3.63) is 526 Å². The Hall–Kier alpha value is -17.4. The highest BCUT2D eigenvalue weighted by molar-refractivity contribution is 6.30. The lowest BCUT2D eigenvalue weighted by molar-refractivity contribution is 1.23. The molecule has 0 unspecified atom stereocenters. The lowest BCUT2D eigenvalue weighted by atomic mass is 9.90. The summed E-state index contributed by atoms with van der Waals surface area (Å²) < 4.78 is 0. The van der Waals surface area contributed by atoms with Crippen LogP contribution in [0.1, 0.15) is 89.0 Å². The molecule has 0 radical (unpaired) electrons. The maximum absolute atomic E-state index is 2.54. The van der Waals surface area contributed by atoms with Crippen LogP contribution in [0.4, 0.5) is 68.2 Å². The Morgan fingerprint density at radius 2 is 0.291 bits per heavy atom. The predicted octanol–water partition coefficient (Wildman–Crippen LogP) is 41.3. The molecule has 24 aromatic carbocycles. The second-order valence-electron chi connectivity index (χ2n) is 41.6. The van der Waals surface area contributed by atoms with Crippen LogP contribution < -0.4 is 19.6 Å². The average molecular weight is 1910 g/mol. The van der Waals surface area contributed by atoms with Gasteiger partial charge in [0, 0.05) is 55.7 Å². The Morgan fingerprint density at radius 3 is 0.486 bits per heavy atom. The first kappa shape index (κ1) is 94.2. The number of hydrogen-bond acceptors (Lipinski definition) is 4. The minimum Gasteiger partial charge on any atom is -0.310 e. The van der Waals surface area contributed by atoms with Crippen molar-refractivity contribution in [2.45, 2.75) is 111 Å². The van der Waals surface area contributed by atoms with Crippen molar-refractivity contribution in [3.63, 3.8) is 0 Å². The number of rotatable bonds is 20. The molecule has 0 N–H and O–H groups in total. The van der Waals surface area contributed by atoms with E-state index >= 15 is 0 Å². The van der Waals surface area contributed by atoms with Gasteiger partial charge in [0.05, 0.1) is 34.1 Å². The molecule has 0 saturated heterocycles. The van der Waals surface area contributed by atoms with Gasteiger partial charge in [0.2, 0.25) is 0 Å². The third-order valence-corrected chi connectivity index (χ3v) is 30.5. The summed E-state index contributed by atoms with van der Waals surface area (Å²) in [5, 5.41) is 14.7. The molecule has 0 heterocycles. The van der Waals surface area contributed by atoms with Gasteiger partial charge in [0.1, 0.15) is 0 Å². The van der Waals surface area contributed by atoms with Crippen LogP contribution in [0.2, 0.25) is 0 Å². The monoisotopic (exact) mass is 1900 g/mol. The number of hydrogen-bond donors (Lipinski definition) is 0. The fourth-order valence-corrected chi connectivity index (χ4v) is 22.6. The van der Waals surface area contributed by atoms with Gasteiger partial charge in [-0.25, -0.2) is 0 Å². The summed E-state index contributed by atoms with van der Waals surface area (Å²) in [6, 6.07) is 165. The van der Waals surface area contributed by atoms with E-state index in [-0.39, 0.29) is 0 Å². The first-order chi connectivity index (χ1) is 71.9. The van der Waals surface area contributed by atoms with Gasteiger partial charge in [-0.1, -0.05) is 383 Å². The zero-order chi connectivity index (χ0) is 102. The Morgan fingerprint density at radius 1 is 0.122 bits per heavy atom. The summed E-state index contributed by atoms with van der Waals surface area (Å²) in [6.45, 7) is 35.1. The minimum absolute atomic E-state index is 1.11. The highest BCUT2D eigenvalue weighted by Crippen LogP contribution is 2.55. The number of para-hydroxylation sites is 2. The predicted molar refractivity (Wildman–Crippen MR) is 638 cm³/mol. The molecule has 0 spiro atoms. The molecule has 716 valence electrons. The topological polar surface area (TPSA) is 13.0 Å². The second-order valence-corrected chi connectivity index (χ2v) is 41.6. The third-order valence-electron chi connectivity index (χ3n) is 30.5. The van der Waals surface area contributed by atoms with Crippen molar-refractivity contribution in [3.8, 4) is 89.0 Å². The third kappa shape index (κ3) is 18.0. The van der Waals surface area contributed by atoms with Crippen molar-refractivity contribution in [1.29, 1.82) is 0 Å². The highest BCUT2D eigenvalue weighted by atomic mass is 15.2. The molecule has 0 fully saturated rings. The summed E-state index contributed by atoms with van der Waals surface area (Å²) >= 11 is 0. The van der Waals surface area contributed by atoms with Crippen molar-refractivity contribution in [2.24, 2.45) is 0 Å².